The molecule has 3 aromatic rings. The molecule has 0 bridgehead atoms. The second kappa shape index (κ2) is 11.6. The number of alkyl halides is 3. The van der Waals surface area contributed by atoms with Crippen LogP contribution >= 0.6 is 0 Å². The number of aliphatic carboxylic acids is 1. The van der Waals surface area contributed by atoms with Gasteiger partial charge in [0.2, 0.25) is 0 Å². The number of ether oxygens (including phenoxy) is 1. The fraction of sp³-hybridized carbons (Fsp3) is 0.367. The molecule has 0 spiro atoms. The fourth-order valence-electron chi connectivity index (χ4n) is 5.64. The summed E-state index contributed by atoms with van der Waals surface area (Å²) in [6, 6.07) is 15.1. The highest BCUT2D eigenvalue weighted by Gasteiger charge is 2.81. The number of para-hydroxylation sites is 1. The molecule has 43 heavy (non-hydrogen) atoms. The number of halogens is 3. The van der Waals surface area contributed by atoms with E-state index in [2.05, 4.69) is 5.32 Å². The molecule has 5 N–H and O–H groups in total. The normalized spacial score (nSPS) is 20.1. The molecule has 1 aliphatic rings. The van der Waals surface area contributed by atoms with E-state index in [9.17, 15) is 36.6 Å². The van der Waals surface area contributed by atoms with Gasteiger partial charge in [0.25, 0.3) is 15.6 Å². The van der Waals surface area contributed by atoms with E-state index in [1.54, 1.807) is 30.3 Å². The summed E-state index contributed by atoms with van der Waals surface area (Å²) in [5, 5.41) is 25.6. The van der Waals surface area contributed by atoms with Crippen molar-refractivity contribution < 1.29 is 41.3 Å². The number of hydrogen-bond acceptors (Lipinski definition) is 8. The predicted octanol–water partition coefficient (Wildman–Crippen LogP) is 5.02. The number of aliphatic hydroxyl groups is 1. The standard InChI is InChI=1S/C30H34F3N3O6S/c1-4-12-21-24(34)22(18-19-13-8-6-9-14-19)23-26(25(21)35-17-5-2)36(3)28(39,27(37)38)29(23,43(40,41)30(31,32)33)42-20-15-10-7-11-16-20/h6-11,13-16,35,39H,4-5,12,17-18,34H2,1-3H3,(H,37,38). The number of likely N-dealkylation sites (N-methyl/N-ethyl adjacent to an activating group) is 1. The van der Waals surface area contributed by atoms with Gasteiger partial charge in [-0.2, -0.15) is 13.2 Å². The number of fused-ring (bicyclic) bond motifs is 1. The van der Waals surface area contributed by atoms with Gasteiger partial charge >= 0.3 is 16.4 Å². The molecule has 9 nitrogen and oxygen atoms in total. The number of nitrogens with two attached hydrogens (primary N) is 1. The van der Waals surface area contributed by atoms with Crippen molar-refractivity contribution in [2.24, 2.45) is 0 Å². The first kappa shape index (κ1) is 32.0. The van der Waals surface area contributed by atoms with Crippen molar-refractivity contribution in [3.05, 3.63) is 82.9 Å². The maximum Gasteiger partial charge on any atom is 0.501 e. The lowest BCUT2D eigenvalue weighted by Crippen LogP contribution is -2.69. The molecule has 0 amide bonds. The molecule has 0 saturated carbocycles. The van der Waals surface area contributed by atoms with E-state index in [1.165, 1.54) is 30.3 Å². The van der Waals surface area contributed by atoms with Crippen LogP contribution in [0.3, 0.4) is 0 Å². The van der Waals surface area contributed by atoms with Crippen LogP contribution in [0.4, 0.5) is 30.2 Å². The van der Waals surface area contributed by atoms with Crippen molar-refractivity contribution in [2.75, 3.05) is 29.5 Å². The van der Waals surface area contributed by atoms with E-state index >= 15 is 0 Å². The number of benzene rings is 3. The molecular weight excluding hydrogens is 587 g/mol. The van der Waals surface area contributed by atoms with Gasteiger partial charge in [-0.15, -0.1) is 0 Å². The molecule has 0 saturated heterocycles. The summed E-state index contributed by atoms with van der Waals surface area (Å²) in [5.41, 5.74) is -3.07. The highest BCUT2D eigenvalue weighted by Crippen LogP contribution is 2.62. The fourth-order valence-corrected chi connectivity index (χ4v) is 7.26. The minimum absolute atomic E-state index is 0.0236. The van der Waals surface area contributed by atoms with Crippen molar-refractivity contribution in [3.8, 4) is 5.75 Å². The van der Waals surface area contributed by atoms with Gasteiger partial charge in [-0.25, -0.2) is 13.2 Å². The minimum Gasteiger partial charge on any atom is -0.478 e. The third kappa shape index (κ3) is 4.84. The largest absolute Gasteiger partial charge is 0.501 e. The van der Waals surface area contributed by atoms with Crippen molar-refractivity contribution in [1.82, 2.24) is 0 Å². The van der Waals surface area contributed by atoms with Crippen LogP contribution in [0, 0.1) is 0 Å². The molecule has 4 rings (SSSR count). The Morgan fingerprint density at radius 3 is 2.12 bits per heavy atom. The van der Waals surface area contributed by atoms with Crippen molar-refractivity contribution in [2.45, 2.75) is 55.7 Å². The molecule has 2 unspecified atom stereocenters. The number of carbonyl (C=O) groups is 1. The SMILES string of the molecule is CCCNc1c(CCC)c(N)c(Cc2ccccc2)c2c1N(C)C(O)(C(=O)O)C2(Oc1ccccc1)S(=O)(=O)C(F)(F)F. The van der Waals surface area contributed by atoms with Crippen LogP contribution in [0.1, 0.15) is 48.9 Å². The number of nitrogen functional groups attached to an aromatic ring is 1. The Balaban J connectivity index is 2.31. The number of carboxylic acid groups (broad SMARTS) is 1. The van der Waals surface area contributed by atoms with E-state index in [0.29, 0.717) is 41.8 Å². The molecular formula is C30H34F3N3O6S. The average Bonchev–Trinajstić information content (AvgIpc) is 3.16. The second-order valence-electron chi connectivity index (χ2n) is 10.3. The van der Waals surface area contributed by atoms with Crippen molar-refractivity contribution >= 4 is 32.9 Å². The van der Waals surface area contributed by atoms with Gasteiger partial charge in [-0.3, -0.25) is 0 Å². The van der Waals surface area contributed by atoms with Crippen molar-refractivity contribution in [1.29, 1.82) is 0 Å². The number of sulfone groups is 1. The highest BCUT2D eigenvalue weighted by atomic mass is 32.2. The number of anilines is 3. The predicted molar refractivity (Wildman–Crippen MR) is 158 cm³/mol. The second-order valence-corrected chi connectivity index (χ2v) is 12.4. The summed E-state index contributed by atoms with van der Waals surface area (Å²) in [4.78, 5) is 9.71. The zero-order valence-corrected chi connectivity index (χ0v) is 24.7. The lowest BCUT2D eigenvalue weighted by atomic mass is 9.87. The number of nitrogens with one attached hydrogen (secondary N) is 1. The number of nitrogens with zero attached hydrogens (tertiary/aromatic N) is 1. The molecule has 0 aromatic heterocycles. The Morgan fingerprint density at radius 2 is 1.60 bits per heavy atom. The zero-order valence-electron chi connectivity index (χ0n) is 23.9. The summed E-state index contributed by atoms with van der Waals surface area (Å²) in [7, 11) is -5.67. The molecule has 1 aliphatic heterocycles. The van der Waals surface area contributed by atoms with Gasteiger partial charge < -0.3 is 30.9 Å². The maximum atomic E-state index is 14.8. The van der Waals surface area contributed by atoms with Crippen LogP contribution in [0.15, 0.2) is 60.7 Å². The first-order chi connectivity index (χ1) is 20.2. The molecule has 232 valence electrons. The van der Waals surface area contributed by atoms with Crippen LogP contribution in [0.25, 0.3) is 0 Å². The Bertz CT molecular complexity index is 1600. The average molecular weight is 622 g/mol. The quantitative estimate of drug-likeness (QED) is 0.217. The minimum atomic E-state index is -6.71. The molecule has 0 fully saturated rings. The summed E-state index contributed by atoms with van der Waals surface area (Å²) >= 11 is 0. The summed E-state index contributed by atoms with van der Waals surface area (Å²) < 4.78 is 77.9. The van der Waals surface area contributed by atoms with Crippen molar-refractivity contribution in [3.63, 3.8) is 0 Å². The van der Waals surface area contributed by atoms with E-state index < -0.39 is 43.3 Å². The lowest BCUT2D eigenvalue weighted by molar-refractivity contribution is -0.174. The monoisotopic (exact) mass is 621 g/mol. The van der Waals surface area contributed by atoms with Crippen LogP contribution in [0.5, 0.6) is 5.75 Å². The molecule has 0 aliphatic carbocycles. The number of carboxylic acids is 1. The third-order valence-corrected chi connectivity index (χ3v) is 9.54. The van der Waals surface area contributed by atoms with E-state index in [0.717, 1.165) is 7.05 Å². The lowest BCUT2D eigenvalue weighted by Gasteiger charge is -2.41. The van der Waals surface area contributed by atoms with Crippen LogP contribution < -0.4 is 20.7 Å². The van der Waals surface area contributed by atoms with Gasteiger partial charge in [-0.05, 0) is 36.1 Å². The van der Waals surface area contributed by atoms with Gasteiger partial charge in [0, 0.05) is 36.8 Å². The van der Waals surface area contributed by atoms with E-state index in [4.69, 9.17) is 10.5 Å². The first-order valence-corrected chi connectivity index (χ1v) is 15.2. The molecule has 13 heteroatoms. The van der Waals surface area contributed by atoms with Crippen LogP contribution in [-0.4, -0.2) is 49.4 Å². The first-order valence-electron chi connectivity index (χ1n) is 13.7. The van der Waals surface area contributed by atoms with Gasteiger partial charge in [0.1, 0.15) is 5.75 Å². The Morgan fingerprint density at radius 1 is 1.02 bits per heavy atom. The number of rotatable bonds is 11. The summed E-state index contributed by atoms with van der Waals surface area (Å²) in [6.45, 7) is 3.99. The molecule has 3 aromatic carbocycles. The number of hydrogen-bond donors (Lipinski definition) is 4. The molecule has 1 heterocycles. The summed E-state index contributed by atoms with van der Waals surface area (Å²) in [6.07, 6.45) is 1.25. The maximum absolute atomic E-state index is 14.8. The van der Waals surface area contributed by atoms with Gasteiger partial charge in [0.15, 0.2) is 0 Å². The topological polar surface area (TPSA) is 142 Å². The van der Waals surface area contributed by atoms with Crippen LogP contribution in [-0.2, 0) is 32.4 Å². The highest BCUT2D eigenvalue weighted by molar-refractivity contribution is 7.93. The Labute approximate surface area is 248 Å². The van der Waals surface area contributed by atoms with Gasteiger partial charge in [-0.1, -0.05) is 68.8 Å². The van der Waals surface area contributed by atoms with Crippen LogP contribution in [0.2, 0.25) is 0 Å². The van der Waals surface area contributed by atoms with Gasteiger partial charge in [0.05, 0.1) is 11.4 Å². The third-order valence-electron chi connectivity index (χ3n) is 7.60. The Hall–Kier alpha value is -3.97. The molecule has 0 radical (unpaired) electrons. The molecule has 2 atom stereocenters. The Kier molecular flexibility index (Phi) is 8.63. The summed E-state index contributed by atoms with van der Waals surface area (Å²) in [5.74, 6) is -2.68. The smallest absolute Gasteiger partial charge is 0.478 e. The van der Waals surface area contributed by atoms with E-state index in [1.807, 2.05) is 13.8 Å². The van der Waals surface area contributed by atoms with E-state index in [-0.39, 0.29) is 29.0 Å². The zero-order chi connectivity index (χ0) is 31.8.